The van der Waals surface area contributed by atoms with Gasteiger partial charge >= 0.3 is 0 Å². The third-order valence-electron chi connectivity index (χ3n) is 4.87. The summed E-state index contributed by atoms with van der Waals surface area (Å²) < 4.78 is 32.9. The summed E-state index contributed by atoms with van der Waals surface area (Å²) in [6, 6.07) is 26.2. The van der Waals surface area contributed by atoms with E-state index in [0.717, 1.165) is 16.5 Å². The number of amides is 1. The lowest BCUT2D eigenvalue weighted by atomic mass is 10.2. The molecule has 1 amide bonds. The molecule has 4 rings (SSSR count). The number of hydrogen-bond acceptors (Lipinski definition) is 5. The third kappa shape index (κ3) is 7.28. The molecule has 176 valence electrons. The molecule has 0 aliphatic heterocycles. The number of sulfonamides is 1. The summed E-state index contributed by atoms with van der Waals surface area (Å²) >= 11 is 0. The van der Waals surface area contributed by atoms with Crippen LogP contribution in [0.3, 0.4) is 0 Å². The Kier molecular flexibility index (Phi) is 7.54. The zero-order valence-electron chi connectivity index (χ0n) is 18.7. The molecule has 0 unspecified atom stereocenters. The highest BCUT2D eigenvalue weighted by Gasteiger charge is 2.10. The fourth-order valence-electron chi connectivity index (χ4n) is 3.14. The van der Waals surface area contributed by atoms with Gasteiger partial charge in [-0.25, -0.2) is 8.42 Å². The lowest BCUT2D eigenvalue weighted by Gasteiger charge is -2.10. The molecule has 0 spiro atoms. The number of benzene rings is 3. The van der Waals surface area contributed by atoms with Gasteiger partial charge in [-0.15, -0.1) is 0 Å². The molecule has 1 heterocycles. The van der Waals surface area contributed by atoms with E-state index < -0.39 is 10.0 Å². The van der Waals surface area contributed by atoms with Crippen molar-refractivity contribution in [2.24, 2.45) is 0 Å². The molecule has 0 bridgehead atoms. The molecule has 2 N–H and O–H groups in total. The number of carbonyl (C=O) groups excluding carboxylic acids is 1. The van der Waals surface area contributed by atoms with Gasteiger partial charge < -0.3 is 10.1 Å². The molecule has 3 aromatic carbocycles. The normalized spacial score (nSPS) is 11.2. The number of hydrogen-bond donors (Lipinski definition) is 2. The van der Waals surface area contributed by atoms with Gasteiger partial charge in [0.05, 0.1) is 5.41 Å². The zero-order valence-corrected chi connectivity index (χ0v) is 19.5. The Labute approximate surface area is 204 Å². The first kappa shape index (κ1) is 23.7. The van der Waals surface area contributed by atoms with Crippen molar-refractivity contribution in [3.8, 4) is 5.75 Å². The maximum atomic E-state index is 12.7. The van der Waals surface area contributed by atoms with Gasteiger partial charge in [-0.2, -0.15) is 0 Å². The first-order valence-corrected chi connectivity index (χ1v) is 12.3. The lowest BCUT2D eigenvalue weighted by Crippen LogP contribution is -2.13. The third-order valence-corrected chi connectivity index (χ3v) is 5.88. The Morgan fingerprint density at radius 3 is 2.43 bits per heavy atom. The van der Waals surface area contributed by atoms with Crippen LogP contribution in [0.1, 0.15) is 21.5 Å². The first-order valence-electron chi connectivity index (χ1n) is 10.8. The molecule has 8 heteroatoms. The standard InChI is InChI=1S/C27H23N3O4S/c31-27(29-25-9-4-10-26(18-25)34-20-22-8-5-16-28-19-22)23-11-13-24(14-12-23)30-35(32,33)17-15-21-6-2-1-3-7-21/h1-19,30H,20H2,(H,29,31). The van der Waals surface area contributed by atoms with Crippen molar-refractivity contribution < 1.29 is 17.9 Å². The van der Waals surface area contributed by atoms with Crippen molar-refractivity contribution in [3.63, 3.8) is 0 Å². The Bertz CT molecular complexity index is 1410. The summed E-state index contributed by atoms with van der Waals surface area (Å²) in [5, 5.41) is 3.93. The summed E-state index contributed by atoms with van der Waals surface area (Å²) in [6.07, 6.45) is 4.94. The van der Waals surface area contributed by atoms with Crippen LogP contribution in [0.15, 0.2) is 109 Å². The Hall–Kier alpha value is -4.43. The average molecular weight is 486 g/mol. The van der Waals surface area contributed by atoms with Crippen molar-refractivity contribution in [2.75, 3.05) is 10.0 Å². The molecule has 4 aromatic rings. The number of aromatic nitrogens is 1. The maximum absolute atomic E-state index is 12.7. The van der Waals surface area contributed by atoms with Gasteiger partial charge in [-0.3, -0.25) is 14.5 Å². The minimum Gasteiger partial charge on any atom is -0.489 e. The molecular weight excluding hydrogens is 462 g/mol. The predicted octanol–water partition coefficient (Wildman–Crippen LogP) is 5.33. The fraction of sp³-hybridized carbons (Fsp3) is 0.0370. The molecule has 0 saturated heterocycles. The van der Waals surface area contributed by atoms with Crippen LogP contribution in [0.2, 0.25) is 0 Å². The number of carbonyl (C=O) groups is 1. The van der Waals surface area contributed by atoms with Crippen molar-refractivity contribution in [2.45, 2.75) is 6.61 Å². The van der Waals surface area contributed by atoms with Gasteiger partial charge in [0.15, 0.2) is 0 Å². The molecule has 0 aliphatic rings. The van der Waals surface area contributed by atoms with Gasteiger partial charge in [0.1, 0.15) is 12.4 Å². The topological polar surface area (TPSA) is 97.4 Å². The van der Waals surface area contributed by atoms with E-state index in [9.17, 15) is 13.2 Å². The Balaban J connectivity index is 1.34. The van der Waals surface area contributed by atoms with Gasteiger partial charge in [0.25, 0.3) is 15.9 Å². The highest BCUT2D eigenvalue weighted by atomic mass is 32.2. The van der Waals surface area contributed by atoms with Crippen molar-refractivity contribution in [3.05, 3.63) is 125 Å². The number of nitrogens with zero attached hydrogens (tertiary/aromatic N) is 1. The number of anilines is 2. The van der Waals surface area contributed by atoms with Crippen LogP contribution >= 0.6 is 0 Å². The highest BCUT2D eigenvalue weighted by Crippen LogP contribution is 2.20. The number of pyridine rings is 1. The van der Waals surface area contributed by atoms with Crippen LogP contribution in [0, 0.1) is 0 Å². The smallest absolute Gasteiger partial charge is 0.255 e. The molecule has 0 atom stereocenters. The van der Waals surface area contributed by atoms with Crippen molar-refractivity contribution in [1.82, 2.24) is 4.98 Å². The van der Waals surface area contributed by atoms with Crippen molar-refractivity contribution in [1.29, 1.82) is 0 Å². The predicted molar refractivity (Wildman–Crippen MR) is 137 cm³/mol. The van der Waals surface area contributed by atoms with E-state index in [0.29, 0.717) is 29.3 Å². The van der Waals surface area contributed by atoms with E-state index in [1.165, 1.54) is 18.2 Å². The van der Waals surface area contributed by atoms with E-state index in [1.54, 1.807) is 48.8 Å². The number of ether oxygens (including phenoxy) is 1. The van der Waals surface area contributed by atoms with Crippen molar-refractivity contribution >= 4 is 33.4 Å². The number of rotatable bonds is 9. The second-order valence-electron chi connectivity index (χ2n) is 7.57. The van der Waals surface area contributed by atoms with Crippen LogP contribution in [0.25, 0.3) is 6.08 Å². The summed E-state index contributed by atoms with van der Waals surface area (Å²) in [5.41, 5.74) is 3.03. The van der Waals surface area contributed by atoms with Gasteiger partial charge in [-0.1, -0.05) is 42.5 Å². The molecule has 0 fully saturated rings. The quantitative estimate of drug-likeness (QED) is 0.334. The molecule has 0 radical (unpaired) electrons. The van der Waals surface area contributed by atoms with Crippen LogP contribution in [-0.4, -0.2) is 19.3 Å². The highest BCUT2D eigenvalue weighted by molar-refractivity contribution is 7.95. The SMILES string of the molecule is O=C(Nc1cccc(OCc2cccnc2)c1)c1ccc(NS(=O)(=O)C=Cc2ccccc2)cc1. The average Bonchev–Trinajstić information content (AvgIpc) is 2.88. The van der Waals surface area contributed by atoms with Crippen LogP contribution in [0.5, 0.6) is 5.75 Å². The Morgan fingerprint density at radius 2 is 1.69 bits per heavy atom. The van der Waals surface area contributed by atoms with E-state index in [1.807, 2.05) is 42.5 Å². The van der Waals surface area contributed by atoms with Gasteiger partial charge in [-0.05, 0) is 54.1 Å². The van der Waals surface area contributed by atoms with E-state index >= 15 is 0 Å². The summed E-state index contributed by atoms with van der Waals surface area (Å²) in [4.78, 5) is 16.7. The van der Waals surface area contributed by atoms with Gasteiger partial charge in [0.2, 0.25) is 0 Å². The van der Waals surface area contributed by atoms with E-state index in [2.05, 4.69) is 15.0 Å². The molecular formula is C27H23N3O4S. The zero-order chi connectivity index (χ0) is 24.5. The van der Waals surface area contributed by atoms with Crippen LogP contribution < -0.4 is 14.8 Å². The Morgan fingerprint density at radius 1 is 0.886 bits per heavy atom. The summed E-state index contributed by atoms with van der Waals surface area (Å²) in [7, 11) is -3.69. The second kappa shape index (κ2) is 11.1. The largest absolute Gasteiger partial charge is 0.489 e. The summed E-state index contributed by atoms with van der Waals surface area (Å²) in [6.45, 7) is 0.364. The van der Waals surface area contributed by atoms with Gasteiger partial charge in [0, 0.05) is 41.0 Å². The molecule has 1 aromatic heterocycles. The minimum atomic E-state index is -3.69. The minimum absolute atomic E-state index is 0.326. The summed E-state index contributed by atoms with van der Waals surface area (Å²) in [5.74, 6) is 0.285. The lowest BCUT2D eigenvalue weighted by molar-refractivity contribution is 0.102. The van der Waals surface area contributed by atoms with E-state index in [4.69, 9.17) is 4.74 Å². The number of nitrogens with one attached hydrogen (secondary N) is 2. The van der Waals surface area contributed by atoms with Crippen LogP contribution in [0.4, 0.5) is 11.4 Å². The molecule has 7 nitrogen and oxygen atoms in total. The van der Waals surface area contributed by atoms with E-state index in [-0.39, 0.29) is 5.91 Å². The molecule has 0 aliphatic carbocycles. The molecule has 35 heavy (non-hydrogen) atoms. The monoisotopic (exact) mass is 485 g/mol. The maximum Gasteiger partial charge on any atom is 0.255 e. The molecule has 0 saturated carbocycles. The van der Waals surface area contributed by atoms with Crippen LogP contribution in [-0.2, 0) is 16.6 Å². The fourth-order valence-corrected chi connectivity index (χ4v) is 4.01. The first-order chi connectivity index (χ1) is 17.0. The second-order valence-corrected chi connectivity index (χ2v) is 9.14.